The maximum atomic E-state index is 13.8. The fourth-order valence-electron chi connectivity index (χ4n) is 3.97. The van der Waals surface area contributed by atoms with E-state index in [9.17, 15) is 18.0 Å². The van der Waals surface area contributed by atoms with Crippen molar-refractivity contribution in [2.75, 3.05) is 17.1 Å². The van der Waals surface area contributed by atoms with E-state index in [1.165, 1.54) is 4.90 Å². The number of sulfonamides is 1. The highest BCUT2D eigenvalue weighted by Gasteiger charge is 2.31. The first kappa shape index (κ1) is 32.2. The number of carbonyl (C=O) groups excluding carboxylic acids is 2. The van der Waals surface area contributed by atoms with Crippen molar-refractivity contribution in [2.24, 2.45) is 0 Å². The molecule has 0 aromatic heterocycles. The second kappa shape index (κ2) is 14.6. The maximum absolute atomic E-state index is 13.8. The fourth-order valence-corrected chi connectivity index (χ4v) is 5.33. The van der Waals surface area contributed by atoms with Crippen molar-refractivity contribution in [3.05, 3.63) is 94.0 Å². The first-order valence-electron chi connectivity index (χ1n) is 13.2. The lowest BCUT2D eigenvalue weighted by Gasteiger charge is -2.32. The maximum Gasteiger partial charge on any atom is 0.244 e. The third kappa shape index (κ3) is 9.11. The van der Waals surface area contributed by atoms with Gasteiger partial charge in [0.05, 0.1) is 11.9 Å². The second-order valence-electron chi connectivity index (χ2n) is 9.75. The summed E-state index contributed by atoms with van der Waals surface area (Å²) in [5, 5.41) is 3.54. The molecule has 0 bridgehead atoms. The zero-order valence-electron chi connectivity index (χ0n) is 23.5. The molecular formula is C30H35Cl2N3O5S. The molecule has 0 aliphatic rings. The molecule has 3 rings (SSSR count). The van der Waals surface area contributed by atoms with Crippen LogP contribution in [0.5, 0.6) is 5.75 Å². The van der Waals surface area contributed by atoms with Crippen molar-refractivity contribution in [3.63, 3.8) is 0 Å². The Balaban J connectivity index is 1.86. The molecule has 0 saturated heterocycles. The molecule has 8 nitrogen and oxygen atoms in total. The van der Waals surface area contributed by atoms with E-state index in [4.69, 9.17) is 27.9 Å². The molecule has 1 N–H and O–H groups in total. The molecule has 0 saturated carbocycles. The van der Waals surface area contributed by atoms with Crippen LogP contribution in [0.4, 0.5) is 5.69 Å². The molecule has 0 aliphatic heterocycles. The normalized spacial score (nSPS) is 12.7. The molecule has 0 radical (unpaired) electrons. The van der Waals surface area contributed by atoms with Crippen LogP contribution >= 0.6 is 23.2 Å². The van der Waals surface area contributed by atoms with Gasteiger partial charge >= 0.3 is 0 Å². The highest BCUT2D eigenvalue weighted by Crippen LogP contribution is 2.28. The molecule has 2 atom stereocenters. The molecule has 0 heterocycles. The Morgan fingerprint density at radius 1 is 0.927 bits per heavy atom. The molecule has 2 amide bonds. The third-order valence-electron chi connectivity index (χ3n) is 6.61. The average molecular weight is 621 g/mol. The minimum absolute atomic E-state index is 0.0870. The molecule has 0 aliphatic carbocycles. The van der Waals surface area contributed by atoms with Gasteiger partial charge in [-0.15, -0.1) is 0 Å². The number of carbonyl (C=O) groups is 2. The predicted molar refractivity (Wildman–Crippen MR) is 164 cm³/mol. The van der Waals surface area contributed by atoms with Crippen LogP contribution in [0, 0.1) is 0 Å². The quantitative estimate of drug-likeness (QED) is 0.266. The van der Waals surface area contributed by atoms with Gasteiger partial charge in [0.15, 0.2) is 0 Å². The summed E-state index contributed by atoms with van der Waals surface area (Å²) in [5.74, 6) is -0.424. The minimum atomic E-state index is -3.88. The summed E-state index contributed by atoms with van der Waals surface area (Å²) in [6.45, 7) is 5.11. The number of amides is 2. The van der Waals surface area contributed by atoms with Gasteiger partial charge in [-0.05, 0) is 62.2 Å². The van der Waals surface area contributed by atoms with Crippen LogP contribution in [0.2, 0.25) is 10.0 Å². The van der Waals surface area contributed by atoms with Crippen LogP contribution in [0.1, 0.15) is 38.3 Å². The molecule has 0 unspecified atom stereocenters. The number of benzene rings is 3. The zero-order chi connectivity index (χ0) is 30.2. The molecule has 41 heavy (non-hydrogen) atoms. The van der Waals surface area contributed by atoms with E-state index in [1.807, 2.05) is 44.2 Å². The molecule has 0 fully saturated rings. The lowest BCUT2D eigenvalue weighted by atomic mass is 10.1. The highest BCUT2D eigenvalue weighted by atomic mass is 35.5. The van der Waals surface area contributed by atoms with Crippen molar-refractivity contribution in [1.29, 1.82) is 0 Å². The topological polar surface area (TPSA) is 96.0 Å². The van der Waals surface area contributed by atoms with Crippen molar-refractivity contribution >= 4 is 50.7 Å². The monoisotopic (exact) mass is 619 g/mol. The number of nitrogens with one attached hydrogen (secondary N) is 1. The number of halogens is 2. The van der Waals surface area contributed by atoms with Crippen molar-refractivity contribution in [1.82, 2.24) is 10.2 Å². The molecule has 0 spiro atoms. The van der Waals surface area contributed by atoms with E-state index in [0.29, 0.717) is 34.4 Å². The van der Waals surface area contributed by atoms with E-state index in [2.05, 4.69) is 5.32 Å². The van der Waals surface area contributed by atoms with E-state index < -0.39 is 28.5 Å². The number of hydrogen-bond donors (Lipinski definition) is 1. The second-order valence-corrected chi connectivity index (χ2v) is 12.5. The summed E-state index contributed by atoms with van der Waals surface area (Å²) in [6.07, 6.45) is 1.73. The molecule has 3 aromatic carbocycles. The van der Waals surface area contributed by atoms with Gasteiger partial charge in [0.2, 0.25) is 21.8 Å². The number of nitrogens with zero attached hydrogens (tertiary/aromatic N) is 2. The Kier molecular flexibility index (Phi) is 11.5. The largest absolute Gasteiger partial charge is 0.489 e. The Labute approximate surface area is 252 Å². The molecule has 220 valence electrons. The standard InChI is InChI=1S/C30H35Cl2N3O5S/c1-5-21(2)33-30(37)22(3)34(18-26-27(31)12-9-13-28(26)32)29(36)19-35(41(4,38)39)24-14-16-25(17-15-24)40-20-23-10-7-6-8-11-23/h6-17,21-22H,5,18-20H2,1-4H3,(H,33,37)/t21-,22+/m0/s1. The zero-order valence-corrected chi connectivity index (χ0v) is 25.8. The number of rotatable bonds is 13. The van der Waals surface area contributed by atoms with Crippen LogP contribution < -0.4 is 14.4 Å². The van der Waals surface area contributed by atoms with E-state index in [-0.39, 0.29) is 24.2 Å². The summed E-state index contributed by atoms with van der Waals surface area (Å²) < 4.78 is 32.5. The first-order chi connectivity index (χ1) is 19.4. The molecule has 11 heteroatoms. The van der Waals surface area contributed by atoms with Gasteiger partial charge in [-0.2, -0.15) is 0 Å². The summed E-state index contributed by atoms with van der Waals surface area (Å²) in [7, 11) is -3.88. The lowest BCUT2D eigenvalue weighted by Crippen LogP contribution is -2.52. The van der Waals surface area contributed by atoms with Crippen LogP contribution in [0.25, 0.3) is 0 Å². The van der Waals surface area contributed by atoms with Gasteiger partial charge < -0.3 is 15.0 Å². The Hall–Kier alpha value is -3.27. The van der Waals surface area contributed by atoms with Gasteiger partial charge in [-0.1, -0.05) is 66.5 Å². The highest BCUT2D eigenvalue weighted by molar-refractivity contribution is 7.92. The average Bonchev–Trinajstić information content (AvgIpc) is 2.94. The Bertz CT molecular complexity index is 1420. The summed E-state index contributed by atoms with van der Waals surface area (Å²) in [6, 6.07) is 20.0. The van der Waals surface area contributed by atoms with Gasteiger partial charge in [0.1, 0.15) is 24.9 Å². The molecule has 3 aromatic rings. The van der Waals surface area contributed by atoms with Gasteiger partial charge in [0, 0.05) is 28.2 Å². The van der Waals surface area contributed by atoms with E-state index >= 15 is 0 Å². The summed E-state index contributed by atoms with van der Waals surface area (Å²) >= 11 is 12.8. The lowest BCUT2D eigenvalue weighted by molar-refractivity contribution is -0.139. The van der Waals surface area contributed by atoms with Crippen molar-refractivity contribution < 1.29 is 22.7 Å². The number of hydrogen-bond acceptors (Lipinski definition) is 5. The minimum Gasteiger partial charge on any atom is -0.489 e. The first-order valence-corrected chi connectivity index (χ1v) is 15.8. The summed E-state index contributed by atoms with van der Waals surface area (Å²) in [5.41, 5.74) is 1.73. The third-order valence-corrected chi connectivity index (χ3v) is 8.46. The van der Waals surface area contributed by atoms with Crippen LogP contribution in [-0.4, -0.2) is 50.0 Å². The number of ether oxygens (including phenoxy) is 1. The van der Waals surface area contributed by atoms with Crippen LogP contribution in [0.15, 0.2) is 72.8 Å². The van der Waals surface area contributed by atoms with Gasteiger partial charge in [-0.25, -0.2) is 8.42 Å². The predicted octanol–water partition coefficient (Wildman–Crippen LogP) is 5.67. The van der Waals surface area contributed by atoms with Crippen LogP contribution in [-0.2, 0) is 32.8 Å². The van der Waals surface area contributed by atoms with Crippen LogP contribution in [0.3, 0.4) is 0 Å². The fraction of sp³-hybridized carbons (Fsp3) is 0.333. The Morgan fingerprint density at radius 3 is 2.10 bits per heavy atom. The van der Waals surface area contributed by atoms with Gasteiger partial charge in [-0.3, -0.25) is 13.9 Å². The summed E-state index contributed by atoms with van der Waals surface area (Å²) in [4.78, 5) is 28.1. The number of anilines is 1. The van der Waals surface area contributed by atoms with E-state index in [0.717, 1.165) is 16.1 Å². The van der Waals surface area contributed by atoms with Crippen molar-refractivity contribution in [3.8, 4) is 5.75 Å². The van der Waals surface area contributed by atoms with E-state index in [1.54, 1.807) is 49.4 Å². The van der Waals surface area contributed by atoms with Gasteiger partial charge in [0.25, 0.3) is 0 Å². The van der Waals surface area contributed by atoms with Crippen molar-refractivity contribution in [2.45, 2.75) is 52.4 Å². The Morgan fingerprint density at radius 2 is 1.54 bits per heavy atom. The smallest absolute Gasteiger partial charge is 0.244 e. The SMILES string of the molecule is CC[C@H](C)NC(=O)[C@@H](C)N(Cc1c(Cl)cccc1Cl)C(=O)CN(c1ccc(OCc2ccccc2)cc1)S(C)(=O)=O. The molecular weight excluding hydrogens is 585 g/mol.